The Morgan fingerprint density at radius 1 is 0.958 bits per heavy atom. The molecule has 2 N–H and O–H groups in total. The number of benzene rings is 2. The van der Waals surface area contributed by atoms with Gasteiger partial charge >= 0.3 is 11.8 Å². The number of hydrogen-bond acceptors (Lipinski definition) is 4. The van der Waals surface area contributed by atoms with E-state index in [-0.39, 0.29) is 0 Å². The number of carbonyl (C=O) groups excluding carboxylic acids is 2. The molecule has 0 fully saturated rings. The van der Waals surface area contributed by atoms with Crippen molar-refractivity contribution in [2.24, 2.45) is 0 Å². The highest BCUT2D eigenvalue weighted by molar-refractivity contribution is 7.98. The van der Waals surface area contributed by atoms with Gasteiger partial charge in [-0.1, -0.05) is 24.3 Å². The van der Waals surface area contributed by atoms with Crippen LogP contribution in [0.5, 0.6) is 0 Å². The van der Waals surface area contributed by atoms with Gasteiger partial charge in [0.1, 0.15) is 0 Å². The van der Waals surface area contributed by atoms with Crippen LogP contribution in [0.3, 0.4) is 0 Å². The maximum absolute atomic E-state index is 12.2. The zero-order chi connectivity index (χ0) is 16.9. The summed E-state index contributed by atoms with van der Waals surface area (Å²) in [6, 6.07) is 16.4. The molecular weight excluding hydrogens is 322 g/mol. The van der Waals surface area contributed by atoms with Gasteiger partial charge in [0.25, 0.3) is 0 Å². The standard InChI is InChI=1S/C18H15N3O2S/c1-24-14-8-3-7-13(11-14)20-17(22)18(23)21-15-9-2-5-12-6-4-10-19-16(12)15/h2-11H,1H3,(H,20,22)(H,21,23). The minimum Gasteiger partial charge on any atom is -0.318 e. The normalized spacial score (nSPS) is 10.4. The van der Waals surface area contributed by atoms with E-state index in [2.05, 4.69) is 15.6 Å². The molecule has 1 heterocycles. The Kier molecular flexibility index (Phi) is 4.77. The van der Waals surface area contributed by atoms with Gasteiger partial charge in [0.2, 0.25) is 0 Å². The zero-order valence-electron chi connectivity index (χ0n) is 12.9. The van der Waals surface area contributed by atoms with Crippen molar-refractivity contribution in [1.29, 1.82) is 0 Å². The van der Waals surface area contributed by atoms with E-state index < -0.39 is 11.8 Å². The number of anilines is 2. The first-order chi connectivity index (χ1) is 11.7. The Labute approximate surface area is 143 Å². The largest absolute Gasteiger partial charge is 0.318 e. The van der Waals surface area contributed by atoms with Crippen LogP contribution in [0.25, 0.3) is 10.9 Å². The molecule has 0 atom stereocenters. The minimum atomic E-state index is -0.734. The van der Waals surface area contributed by atoms with Crippen molar-refractivity contribution in [3.8, 4) is 0 Å². The van der Waals surface area contributed by atoms with Crippen molar-refractivity contribution >= 4 is 45.9 Å². The summed E-state index contributed by atoms with van der Waals surface area (Å²) in [5, 5.41) is 6.11. The van der Waals surface area contributed by atoms with Gasteiger partial charge in [-0.2, -0.15) is 0 Å². The second kappa shape index (κ2) is 7.14. The maximum atomic E-state index is 12.2. The number of carbonyl (C=O) groups is 2. The van der Waals surface area contributed by atoms with E-state index in [4.69, 9.17) is 0 Å². The molecule has 2 amide bonds. The summed E-state index contributed by atoms with van der Waals surface area (Å²) < 4.78 is 0. The van der Waals surface area contributed by atoms with E-state index in [9.17, 15) is 9.59 Å². The summed E-state index contributed by atoms with van der Waals surface area (Å²) in [4.78, 5) is 29.5. The van der Waals surface area contributed by atoms with Crippen LogP contribution in [-0.4, -0.2) is 23.1 Å². The van der Waals surface area contributed by atoms with E-state index in [0.29, 0.717) is 16.9 Å². The zero-order valence-corrected chi connectivity index (χ0v) is 13.8. The van der Waals surface area contributed by atoms with Crippen LogP contribution in [0.1, 0.15) is 0 Å². The van der Waals surface area contributed by atoms with Gasteiger partial charge in [-0.05, 0) is 36.6 Å². The van der Waals surface area contributed by atoms with Gasteiger partial charge in [0, 0.05) is 22.2 Å². The van der Waals surface area contributed by atoms with Gasteiger partial charge < -0.3 is 10.6 Å². The van der Waals surface area contributed by atoms with Gasteiger partial charge in [-0.15, -0.1) is 11.8 Å². The Morgan fingerprint density at radius 2 is 1.71 bits per heavy atom. The number of hydrogen-bond donors (Lipinski definition) is 2. The number of aromatic nitrogens is 1. The highest BCUT2D eigenvalue weighted by Gasteiger charge is 2.15. The Bertz CT molecular complexity index is 906. The first-order valence-electron chi connectivity index (χ1n) is 7.27. The van der Waals surface area contributed by atoms with Crippen molar-refractivity contribution in [1.82, 2.24) is 4.98 Å². The molecule has 5 nitrogen and oxygen atoms in total. The van der Waals surface area contributed by atoms with Gasteiger partial charge in [-0.3, -0.25) is 14.6 Å². The SMILES string of the molecule is CSc1cccc(NC(=O)C(=O)Nc2cccc3cccnc23)c1. The second-order valence-corrected chi connectivity index (χ2v) is 5.90. The first kappa shape index (κ1) is 16.0. The van der Waals surface area contributed by atoms with E-state index in [1.165, 1.54) is 0 Å². The molecule has 0 spiro atoms. The summed E-state index contributed by atoms with van der Waals surface area (Å²) in [6.07, 6.45) is 3.59. The van der Waals surface area contributed by atoms with Gasteiger partial charge in [0.15, 0.2) is 0 Å². The van der Waals surface area contributed by atoms with Crippen molar-refractivity contribution < 1.29 is 9.59 Å². The monoisotopic (exact) mass is 337 g/mol. The summed E-state index contributed by atoms with van der Waals surface area (Å²) in [5.41, 5.74) is 1.73. The van der Waals surface area contributed by atoms with E-state index >= 15 is 0 Å². The smallest absolute Gasteiger partial charge is 0.314 e. The molecule has 2 aromatic carbocycles. The Hall–Kier alpha value is -2.86. The molecule has 120 valence electrons. The fourth-order valence-corrected chi connectivity index (χ4v) is 2.73. The molecule has 6 heteroatoms. The van der Waals surface area contributed by atoms with Crippen LogP contribution in [0.4, 0.5) is 11.4 Å². The maximum Gasteiger partial charge on any atom is 0.314 e. The average Bonchev–Trinajstić information content (AvgIpc) is 2.62. The third-order valence-corrected chi connectivity index (χ3v) is 4.14. The fourth-order valence-electron chi connectivity index (χ4n) is 2.27. The number of nitrogens with zero attached hydrogens (tertiary/aromatic N) is 1. The molecule has 3 aromatic rings. The minimum absolute atomic E-state index is 0.506. The molecular formula is C18H15N3O2S. The van der Waals surface area contributed by atoms with Crippen LogP contribution in [0.2, 0.25) is 0 Å². The number of nitrogens with one attached hydrogen (secondary N) is 2. The molecule has 3 rings (SSSR count). The van der Waals surface area contributed by atoms with Crippen molar-refractivity contribution in [3.05, 3.63) is 60.8 Å². The molecule has 0 saturated carbocycles. The lowest BCUT2D eigenvalue weighted by Crippen LogP contribution is -2.29. The predicted molar refractivity (Wildman–Crippen MR) is 97.2 cm³/mol. The summed E-state index contributed by atoms with van der Waals surface area (Å²) in [5.74, 6) is -1.45. The molecule has 1 aromatic heterocycles. The summed E-state index contributed by atoms with van der Waals surface area (Å²) >= 11 is 1.56. The molecule has 0 unspecified atom stereocenters. The number of rotatable bonds is 3. The highest BCUT2D eigenvalue weighted by atomic mass is 32.2. The number of para-hydroxylation sites is 1. The number of thioether (sulfide) groups is 1. The Morgan fingerprint density at radius 3 is 2.54 bits per heavy atom. The number of amides is 2. The topological polar surface area (TPSA) is 71.1 Å². The first-order valence-corrected chi connectivity index (χ1v) is 8.50. The lowest BCUT2D eigenvalue weighted by molar-refractivity contribution is -0.132. The van der Waals surface area contributed by atoms with Crippen molar-refractivity contribution in [3.63, 3.8) is 0 Å². The molecule has 0 saturated heterocycles. The number of fused-ring (bicyclic) bond motifs is 1. The lowest BCUT2D eigenvalue weighted by atomic mass is 10.2. The molecule has 0 aliphatic carbocycles. The third-order valence-electron chi connectivity index (χ3n) is 3.41. The van der Waals surface area contributed by atoms with Crippen LogP contribution in [-0.2, 0) is 9.59 Å². The third kappa shape index (κ3) is 3.55. The van der Waals surface area contributed by atoms with Gasteiger partial charge in [0.05, 0.1) is 11.2 Å². The van der Waals surface area contributed by atoms with Gasteiger partial charge in [-0.25, -0.2) is 0 Å². The summed E-state index contributed by atoms with van der Waals surface area (Å²) in [6.45, 7) is 0. The molecule has 24 heavy (non-hydrogen) atoms. The van der Waals surface area contributed by atoms with Crippen LogP contribution in [0.15, 0.2) is 65.7 Å². The fraction of sp³-hybridized carbons (Fsp3) is 0.0556. The van der Waals surface area contributed by atoms with Crippen LogP contribution >= 0.6 is 11.8 Å². The molecule has 0 radical (unpaired) electrons. The second-order valence-electron chi connectivity index (χ2n) is 5.02. The van der Waals surface area contributed by atoms with E-state index in [1.54, 1.807) is 36.2 Å². The molecule has 0 aliphatic heterocycles. The van der Waals surface area contributed by atoms with Crippen LogP contribution < -0.4 is 10.6 Å². The van der Waals surface area contributed by atoms with Crippen molar-refractivity contribution in [2.75, 3.05) is 16.9 Å². The Balaban J connectivity index is 1.75. The van der Waals surface area contributed by atoms with E-state index in [0.717, 1.165) is 10.3 Å². The quantitative estimate of drug-likeness (QED) is 0.566. The summed E-state index contributed by atoms with van der Waals surface area (Å²) in [7, 11) is 0. The van der Waals surface area contributed by atoms with Crippen LogP contribution in [0, 0.1) is 0 Å². The lowest BCUT2D eigenvalue weighted by Gasteiger charge is -2.09. The molecule has 0 bridgehead atoms. The molecule has 0 aliphatic rings. The highest BCUT2D eigenvalue weighted by Crippen LogP contribution is 2.21. The van der Waals surface area contributed by atoms with Crippen molar-refractivity contribution in [2.45, 2.75) is 4.90 Å². The van der Waals surface area contributed by atoms with E-state index in [1.807, 2.05) is 42.7 Å². The number of pyridine rings is 1. The predicted octanol–water partition coefficient (Wildman–Crippen LogP) is 3.53. The average molecular weight is 337 g/mol.